The molecule has 1 N–H and O–H groups in total. The van der Waals surface area contributed by atoms with Crippen molar-refractivity contribution in [2.24, 2.45) is 0 Å². The highest BCUT2D eigenvalue weighted by molar-refractivity contribution is 7.90. The highest BCUT2D eigenvalue weighted by Gasteiger charge is 2.19. The fourth-order valence-electron chi connectivity index (χ4n) is 1.53. The lowest BCUT2D eigenvalue weighted by Gasteiger charge is -2.05. The maximum Gasteiger partial charge on any atom is 0.337 e. The van der Waals surface area contributed by atoms with Crippen LogP contribution in [-0.2, 0) is 15.6 Å². The van der Waals surface area contributed by atoms with E-state index >= 15 is 0 Å². The van der Waals surface area contributed by atoms with Crippen LogP contribution in [0.15, 0.2) is 40.6 Å². The minimum atomic E-state index is -3.57. The van der Waals surface area contributed by atoms with Crippen LogP contribution in [0.25, 0.3) is 0 Å². The lowest BCUT2D eigenvalue weighted by atomic mass is 10.2. The second-order valence-corrected chi connectivity index (χ2v) is 7.21. The summed E-state index contributed by atoms with van der Waals surface area (Å²) >= 11 is 7.05. The molecule has 0 aliphatic carbocycles. The van der Waals surface area contributed by atoms with Gasteiger partial charge in [0.15, 0.2) is 9.84 Å². The Bertz CT molecular complexity index is 705. The average molecular weight is 317 g/mol. The van der Waals surface area contributed by atoms with Crippen LogP contribution in [0.5, 0.6) is 0 Å². The second kappa shape index (κ2) is 5.32. The van der Waals surface area contributed by atoms with Gasteiger partial charge in [0, 0.05) is 4.88 Å². The van der Waals surface area contributed by atoms with Crippen LogP contribution >= 0.6 is 22.9 Å². The van der Waals surface area contributed by atoms with Crippen molar-refractivity contribution in [3.8, 4) is 0 Å². The molecule has 100 valence electrons. The number of sulfone groups is 1. The highest BCUT2D eigenvalue weighted by Crippen LogP contribution is 2.24. The van der Waals surface area contributed by atoms with Gasteiger partial charge in [-0.2, -0.15) is 0 Å². The smallest absolute Gasteiger partial charge is 0.337 e. The third-order valence-corrected chi connectivity index (χ3v) is 5.49. The van der Waals surface area contributed by atoms with E-state index in [0.29, 0.717) is 4.88 Å². The molecule has 0 unspecified atom stereocenters. The summed E-state index contributed by atoms with van der Waals surface area (Å²) in [6, 6.07) is 7.17. The van der Waals surface area contributed by atoms with Crippen molar-refractivity contribution < 1.29 is 18.3 Å². The van der Waals surface area contributed by atoms with Gasteiger partial charge in [0.05, 0.1) is 21.2 Å². The van der Waals surface area contributed by atoms with Crippen molar-refractivity contribution in [2.75, 3.05) is 0 Å². The molecule has 19 heavy (non-hydrogen) atoms. The average Bonchev–Trinajstić information content (AvgIpc) is 2.80. The normalized spacial score (nSPS) is 11.4. The number of thiophene rings is 1. The van der Waals surface area contributed by atoms with Crippen molar-refractivity contribution in [1.82, 2.24) is 0 Å². The first-order chi connectivity index (χ1) is 8.90. The van der Waals surface area contributed by atoms with Crippen LogP contribution in [0.1, 0.15) is 15.2 Å². The zero-order chi connectivity index (χ0) is 14.0. The van der Waals surface area contributed by atoms with Gasteiger partial charge in [0.2, 0.25) is 0 Å². The molecule has 0 saturated heterocycles. The summed E-state index contributed by atoms with van der Waals surface area (Å²) in [6.07, 6.45) is 0. The van der Waals surface area contributed by atoms with Gasteiger partial charge < -0.3 is 5.11 Å². The molecule has 7 heteroatoms. The minimum Gasteiger partial charge on any atom is -0.478 e. The molecule has 0 amide bonds. The number of hydrogen-bond donors (Lipinski definition) is 1. The van der Waals surface area contributed by atoms with Crippen LogP contribution in [-0.4, -0.2) is 19.5 Å². The van der Waals surface area contributed by atoms with Gasteiger partial charge in [0.1, 0.15) is 0 Å². The van der Waals surface area contributed by atoms with Crippen LogP contribution in [0.3, 0.4) is 0 Å². The van der Waals surface area contributed by atoms with Crippen molar-refractivity contribution in [2.45, 2.75) is 10.6 Å². The molecule has 0 spiro atoms. The summed E-state index contributed by atoms with van der Waals surface area (Å²) in [5.74, 6) is -1.40. The third kappa shape index (κ3) is 3.15. The van der Waals surface area contributed by atoms with Gasteiger partial charge in [-0.25, -0.2) is 13.2 Å². The molecule has 0 bridgehead atoms. The Morgan fingerprint density at radius 2 is 2.05 bits per heavy atom. The largest absolute Gasteiger partial charge is 0.478 e. The molecular formula is C12H9ClO4S2. The van der Waals surface area contributed by atoms with E-state index in [-0.39, 0.29) is 21.2 Å². The first-order valence-electron chi connectivity index (χ1n) is 5.18. The summed E-state index contributed by atoms with van der Waals surface area (Å²) in [5.41, 5.74) is -0.214. The zero-order valence-corrected chi connectivity index (χ0v) is 11.9. The molecule has 2 aromatic rings. The van der Waals surface area contributed by atoms with E-state index in [1.807, 2.05) is 0 Å². The zero-order valence-electron chi connectivity index (χ0n) is 9.54. The number of benzene rings is 1. The number of carboxylic acids is 1. The number of rotatable bonds is 4. The van der Waals surface area contributed by atoms with E-state index in [1.54, 1.807) is 17.5 Å². The van der Waals surface area contributed by atoms with Gasteiger partial charge in [0.25, 0.3) is 0 Å². The molecule has 1 aromatic heterocycles. The molecule has 1 aromatic carbocycles. The van der Waals surface area contributed by atoms with Gasteiger partial charge >= 0.3 is 5.97 Å². The fourth-order valence-corrected chi connectivity index (χ4v) is 4.16. The van der Waals surface area contributed by atoms with E-state index in [9.17, 15) is 13.2 Å². The summed E-state index contributed by atoms with van der Waals surface area (Å²) < 4.78 is 24.3. The van der Waals surface area contributed by atoms with Crippen molar-refractivity contribution in [1.29, 1.82) is 0 Å². The monoisotopic (exact) mass is 316 g/mol. The van der Waals surface area contributed by atoms with Crippen LogP contribution in [0.2, 0.25) is 5.02 Å². The summed E-state index contributed by atoms with van der Waals surface area (Å²) in [4.78, 5) is 11.6. The Labute approximate surface area is 119 Å². The quantitative estimate of drug-likeness (QED) is 0.941. The maximum absolute atomic E-state index is 12.2. The maximum atomic E-state index is 12.2. The molecule has 0 radical (unpaired) electrons. The van der Waals surface area contributed by atoms with Gasteiger partial charge in [-0.15, -0.1) is 11.3 Å². The number of aromatic carboxylic acids is 1. The van der Waals surface area contributed by atoms with E-state index in [4.69, 9.17) is 16.7 Å². The SMILES string of the molecule is O=C(O)c1cc(S(=O)(=O)Cc2cccs2)ccc1Cl. The summed E-state index contributed by atoms with van der Waals surface area (Å²) in [6.45, 7) is 0. The van der Waals surface area contributed by atoms with Gasteiger partial charge in [-0.3, -0.25) is 0 Å². The highest BCUT2D eigenvalue weighted by atomic mass is 35.5. The standard InChI is InChI=1S/C12H9ClO4S2/c13-11-4-3-9(6-10(11)12(14)15)19(16,17)7-8-2-1-5-18-8/h1-6H,7H2,(H,14,15). The Balaban J connectivity index is 2.41. The van der Waals surface area contributed by atoms with Crippen molar-refractivity contribution in [3.63, 3.8) is 0 Å². The van der Waals surface area contributed by atoms with Gasteiger partial charge in [-0.1, -0.05) is 17.7 Å². The van der Waals surface area contributed by atoms with Crippen molar-refractivity contribution >= 4 is 38.7 Å². The minimum absolute atomic E-state index is 0.0163. The van der Waals surface area contributed by atoms with Crippen LogP contribution in [0.4, 0.5) is 0 Å². The topological polar surface area (TPSA) is 71.4 Å². The Kier molecular flexibility index (Phi) is 3.93. The Morgan fingerprint density at radius 1 is 1.32 bits per heavy atom. The summed E-state index contributed by atoms with van der Waals surface area (Å²) in [5, 5.41) is 10.7. The predicted molar refractivity (Wildman–Crippen MR) is 73.6 cm³/mol. The number of carboxylic acid groups (broad SMARTS) is 1. The number of carbonyl (C=O) groups is 1. The summed E-state index contributed by atoms with van der Waals surface area (Å²) in [7, 11) is -3.57. The molecular weight excluding hydrogens is 308 g/mol. The van der Waals surface area contributed by atoms with E-state index in [0.717, 1.165) is 6.07 Å². The first kappa shape index (κ1) is 14.0. The molecule has 0 aliphatic rings. The predicted octanol–water partition coefficient (Wildman–Crippen LogP) is 3.07. The molecule has 0 aliphatic heterocycles. The Morgan fingerprint density at radius 3 is 2.63 bits per heavy atom. The lowest BCUT2D eigenvalue weighted by molar-refractivity contribution is 0.0697. The lowest BCUT2D eigenvalue weighted by Crippen LogP contribution is -2.06. The van der Waals surface area contributed by atoms with E-state index < -0.39 is 15.8 Å². The Hall–Kier alpha value is -1.37. The third-order valence-electron chi connectivity index (χ3n) is 2.44. The molecule has 2 rings (SSSR count). The van der Waals surface area contributed by atoms with Crippen LogP contribution < -0.4 is 0 Å². The van der Waals surface area contributed by atoms with E-state index in [1.165, 1.54) is 23.5 Å². The van der Waals surface area contributed by atoms with Gasteiger partial charge in [-0.05, 0) is 29.6 Å². The molecule has 1 heterocycles. The van der Waals surface area contributed by atoms with E-state index in [2.05, 4.69) is 0 Å². The first-order valence-corrected chi connectivity index (χ1v) is 8.09. The molecule has 4 nitrogen and oxygen atoms in total. The molecule has 0 fully saturated rings. The second-order valence-electron chi connectivity index (χ2n) is 3.79. The van der Waals surface area contributed by atoms with Crippen molar-refractivity contribution in [3.05, 3.63) is 51.2 Å². The number of halogens is 1. The van der Waals surface area contributed by atoms with Crippen LogP contribution in [0, 0.1) is 0 Å². The molecule has 0 saturated carbocycles. The molecule has 0 atom stereocenters. The number of hydrogen-bond acceptors (Lipinski definition) is 4. The fraction of sp³-hybridized carbons (Fsp3) is 0.0833.